The van der Waals surface area contributed by atoms with Crippen LogP contribution in [-0.2, 0) is 6.42 Å². The maximum absolute atomic E-state index is 13.4. The van der Waals surface area contributed by atoms with Crippen molar-refractivity contribution in [2.75, 3.05) is 6.61 Å². The summed E-state index contributed by atoms with van der Waals surface area (Å²) in [5.74, 6) is 0.236. The fraction of sp³-hybridized carbons (Fsp3) is 0.320. The minimum Gasteiger partial charge on any atom is -0.508 e. The van der Waals surface area contributed by atoms with Gasteiger partial charge in [0.2, 0.25) is 0 Å². The summed E-state index contributed by atoms with van der Waals surface area (Å²) in [6.07, 6.45) is 6.28. The molecule has 2 N–H and O–H groups in total. The third kappa shape index (κ3) is 3.45. The van der Waals surface area contributed by atoms with E-state index in [0.717, 1.165) is 16.7 Å². The van der Waals surface area contributed by atoms with Gasteiger partial charge in [0.1, 0.15) is 40.8 Å². The maximum Gasteiger partial charge on any atom is 0.181 e. The summed E-state index contributed by atoms with van der Waals surface area (Å²) in [5.41, 5.74) is 2.82. The number of fused-ring (bicyclic) bond motifs is 2. The summed E-state index contributed by atoms with van der Waals surface area (Å²) in [7, 11) is 0. The van der Waals surface area contributed by atoms with Crippen LogP contribution >= 0.6 is 0 Å². The van der Waals surface area contributed by atoms with E-state index in [4.69, 9.17) is 9.47 Å². The highest BCUT2D eigenvalue weighted by molar-refractivity contribution is 6.08. The molecule has 2 heterocycles. The van der Waals surface area contributed by atoms with E-state index in [1.165, 1.54) is 0 Å². The maximum atomic E-state index is 13.4. The lowest BCUT2D eigenvalue weighted by Crippen LogP contribution is -2.31. The normalized spacial score (nSPS) is 18.7. The highest BCUT2D eigenvalue weighted by atomic mass is 16.5. The SMILES string of the molecule is CC(C)=CCc1c2c(c(O)c3c1OCC(c1ccc(O)cc1)C3=O)C=CC(C)(C)O2. The molecule has 2 aliphatic heterocycles. The molecule has 5 heteroatoms. The van der Waals surface area contributed by atoms with Crippen LogP contribution in [0.5, 0.6) is 23.0 Å². The molecule has 0 aromatic heterocycles. The predicted octanol–water partition coefficient (Wildman–Crippen LogP) is 5.15. The monoisotopic (exact) mass is 406 g/mol. The zero-order valence-electron chi connectivity index (χ0n) is 17.7. The van der Waals surface area contributed by atoms with Crippen molar-refractivity contribution in [3.8, 4) is 23.0 Å². The largest absolute Gasteiger partial charge is 0.508 e. The molecule has 0 saturated heterocycles. The molecule has 30 heavy (non-hydrogen) atoms. The Morgan fingerprint density at radius 1 is 1.17 bits per heavy atom. The van der Waals surface area contributed by atoms with E-state index in [1.54, 1.807) is 24.3 Å². The third-order valence-electron chi connectivity index (χ3n) is 5.50. The molecule has 2 aromatic rings. The Morgan fingerprint density at radius 2 is 1.87 bits per heavy atom. The van der Waals surface area contributed by atoms with Crippen LogP contribution in [0, 0.1) is 0 Å². The second-order valence-electron chi connectivity index (χ2n) is 8.62. The van der Waals surface area contributed by atoms with Gasteiger partial charge in [-0.05, 0) is 64.0 Å². The zero-order valence-corrected chi connectivity index (χ0v) is 17.7. The fourth-order valence-electron chi connectivity index (χ4n) is 3.87. The summed E-state index contributed by atoms with van der Waals surface area (Å²) >= 11 is 0. The van der Waals surface area contributed by atoms with Gasteiger partial charge in [-0.1, -0.05) is 23.8 Å². The van der Waals surface area contributed by atoms with Crippen molar-refractivity contribution in [2.45, 2.75) is 45.6 Å². The first kappa shape index (κ1) is 20.1. The second kappa shape index (κ2) is 7.24. The first-order valence-electron chi connectivity index (χ1n) is 10.1. The van der Waals surface area contributed by atoms with Gasteiger partial charge in [-0.2, -0.15) is 0 Å². The van der Waals surface area contributed by atoms with Gasteiger partial charge in [0.25, 0.3) is 0 Å². The predicted molar refractivity (Wildman–Crippen MR) is 116 cm³/mol. The average molecular weight is 406 g/mol. The van der Waals surface area contributed by atoms with Crippen LogP contribution in [0.4, 0.5) is 0 Å². The number of allylic oxidation sites excluding steroid dienone is 2. The Labute approximate surface area is 176 Å². The van der Waals surface area contributed by atoms with Gasteiger partial charge in [-0.25, -0.2) is 0 Å². The standard InChI is InChI=1S/C25H26O5/c1-14(2)5-10-18-23-17(11-12-25(3,4)30-23)21(27)20-22(28)19(13-29-24(18)20)15-6-8-16(26)9-7-15/h5-9,11-12,19,26-27H,10,13H2,1-4H3. The van der Waals surface area contributed by atoms with Gasteiger partial charge in [-0.3, -0.25) is 4.79 Å². The molecule has 1 unspecified atom stereocenters. The fourth-order valence-corrected chi connectivity index (χ4v) is 3.87. The number of phenols is 2. The van der Waals surface area contributed by atoms with E-state index in [-0.39, 0.29) is 29.5 Å². The lowest BCUT2D eigenvalue weighted by atomic mass is 9.84. The third-order valence-corrected chi connectivity index (χ3v) is 5.50. The van der Waals surface area contributed by atoms with Gasteiger partial charge in [0.15, 0.2) is 5.78 Å². The van der Waals surface area contributed by atoms with E-state index in [9.17, 15) is 15.0 Å². The van der Waals surface area contributed by atoms with Crippen LogP contribution in [0.15, 0.2) is 42.0 Å². The Hall–Kier alpha value is -3.21. The Kier molecular flexibility index (Phi) is 4.85. The van der Waals surface area contributed by atoms with E-state index >= 15 is 0 Å². The van der Waals surface area contributed by atoms with Gasteiger partial charge in [0.05, 0.1) is 11.5 Å². The van der Waals surface area contributed by atoms with E-state index in [0.29, 0.717) is 23.5 Å². The Balaban J connectivity index is 1.88. The Bertz CT molecular complexity index is 1070. The Morgan fingerprint density at radius 3 is 2.53 bits per heavy atom. The summed E-state index contributed by atoms with van der Waals surface area (Å²) in [6.45, 7) is 8.07. The number of hydrogen-bond donors (Lipinski definition) is 2. The number of ketones is 1. The number of aromatic hydroxyl groups is 2. The van der Waals surface area contributed by atoms with Crippen molar-refractivity contribution < 1.29 is 24.5 Å². The van der Waals surface area contributed by atoms with Crippen LogP contribution in [0.25, 0.3) is 6.08 Å². The molecular weight excluding hydrogens is 380 g/mol. The number of hydrogen-bond acceptors (Lipinski definition) is 5. The van der Waals surface area contributed by atoms with Crippen LogP contribution < -0.4 is 9.47 Å². The number of carbonyl (C=O) groups excluding carboxylic acids is 1. The minimum atomic E-state index is -0.553. The molecule has 0 radical (unpaired) electrons. The first-order valence-corrected chi connectivity index (χ1v) is 10.1. The summed E-state index contributed by atoms with van der Waals surface area (Å²) in [5, 5.41) is 20.6. The van der Waals surface area contributed by atoms with Gasteiger partial charge < -0.3 is 19.7 Å². The van der Waals surface area contributed by atoms with Crippen molar-refractivity contribution in [1.82, 2.24) is 0 Å². The molecule has 0 spiro atoms. The molecule has 0 aliphatic carbocycles. The van der Waals surface area contributed by atoms with Crippen LogP contribution in [-0.4, -0.2) is 28.2 Å². The number of Topliss-reactive ketones (excluding diaryl/α,β-unsaturated/α-hetero) is 1. The molecule has 156 valence electrons. The zero-order chi connectivity index (χ0) is 21.6. The lowest BCUT2D eigenvalue weighted by molar-refractivity contribution is 0.0889. The van der Waals surface area contributed by atoms with Crippen molar-refractivity contribution in [3.63, 3.8) is 0 Å². The number of phenolic OH excluding ortho intramolecular Hbond substituents is 2. The molecule has 0 bridgehead atoms. The molecular formula is C25H26O5. The molecule has 4 rings (SSSR count). The number of carbonyl (C=O) groups is 1. The van der Waals surface area contributed by atoms with Crippen LogP contribution in [0.3, 0.4) is 0 Å². The van der Waals surface area contributed by atoms with E-state index in [1.807, 2.05) is 39.8 Å². The van der Waals surface area contributed by atoms with Crippen LogP contribution in [0.1, 0.15) is 60.7 Å². The smallest absolute Gasteiger partial charge is 0.181 e. The number of rotatable bonds is 3. The molecule has 1 atom stereocenters. The van der Waals surface area contributed by atoms with E-state index in [2.05, 4.69) is 6.08 Å². The number of benzene rings is 2. The molecule has 2 aliphatic rings. The summed E-state index contributed by atoms with van der Waals surface area (Å²) in [4.78, 5) is 13.4. The molecule has 0 fully saturated rings. The average Bonchev–Trinajstić information content (AvgIpc) is 2.67. The van der Waals surface area contributed by atoms with E-state index < -0.39 is 11.5 Å². The van der Waals surface area contributed by atoms with Crippen molar-refractivity contribution in [3.05, 3.63) is 64.2 Å². The second-order valence-corrected chi connectivity index (χ2v) is 8.62. The lowest BCUT2D eigenvalue weighted by Gasteiger charge is -2.34. The van der Waals surface area contributed by atoms with Gasteiger partial charge in [0, 0.05) is 5.56 Å². The van der Waals surface area contributed by atoms with Crippen molar-refractivity contribution >= 4 is 11.9 Å². The highest BCUT2D eigenvalue weighted by Crippen LogP contribution is 2.50. The molecule has 0 saturated carbocycles. The topological polar surface area (TPSA) is 76.0 Å². The molecule has 5 nitrogen and oxygen atoms in total. The minimum absolute atomic E-state index is 0.110. The molecule has 2 aromatic carbocycles. The summed E-state index contributed by atoms with van der Waals surface area (Å²) < 4.78 is 12.3. The van der Waals surface area contributed by atoms with Gasteiger partial charge >= 0.3 is 0 Å². The molecule has 0 amide bonds. The highest BCUT2D eigenvalue weighted by Gasteiger charge is 2.39. The van der Waals surface area contributed by atoms with Crippen molar-refractivity contribution in [2.24, 2.45) is 0 Å². The quantitative estimate of drug-likeness (QED) is 0.690. The first-order chi connectivity index (χ1) is 14.2. The van der Waals surface area contributed by atoms with Crippen molar-refractivity contribution in [1.29, 1.82) is 0 Å². The van der Waals surface area contributed by atoms with Crippen LogP contribution in [0.2, 0.25) is 0 Å². The van der Waals surface area contributed by atoms with Gasteiger partial charge in [-0.15, -0.1) is 0 Å². The number of ether oxygens (including phenoxy) is 2. The summed E-state index contributed by atoms with van der Waals surface area (Å²) in [6, 6.07) is 6.50.